The minimum Gasteiger partial charge on any atom is -0.480 e. The van der Waals surface area contributed by atoms with Crippen molar-refractivity contribution >= 4 is 52.6 Å². The number of hydrogen-bond acceptors (Lipinski definition) is 5. The van der Waals surface area contributed by atoms with Crippen LogP contribution in [0.25, 0.3) is 0 Å². The number of carbonyl (C=O) groups is 3. The Morgan fingerprint density at radius 3 is 2.42 bits per heavy atom. The van der Waals surface area contributed by atoms with E-state index >= 15 is 0 Å². The van der Waals surface area contributed by atoms with Gasteiger partial charge in [-0.2, -0.15) is 0 Å². The van der Waals surface area contributed by atoms with Gasteiger partial charge in [-0.25, -0.2) is 4.79 Å². The second-order valence-corrected chi connectivity index (χ2v) is 6.25. The zero-order chi connectivity index (χ0) is 19.3. The molecule has 0 radical (unpaired) electrons. The third-order valence-electron chi connectivity index (χ3n) is 3.11. The van der Waals surface area contributed by atoms with E-state index in [1.54, 1.807) is 29.9 Å². The van der Waals surface area contributed by atoms with E-state index in [4.69, 9.17) is 44.3 Å². The van der Waals surface area contributed by atoms with Gasteiger partial charge in [0.15, 0.2) is 13.2 Å². The largest absolute Gasteiger partial charge is 0.480 e. The summed E-state index contributed by atoms with van der Waals surface area (Å²) < 4.78 is 11.4. The summed E-state index contributed by atoms with van der Waals surface area (Å²) in [5, 5.41) is 2.72. The second kappa shape index (κ2) is 8.93. The number of ether oxygens (including phenoxy) is 2. The topological polar surface area (TPSA) is 86.6 Å². The number of imide groups is 1. The number of rotatable bonds is 6. The molecule has 0 aliphatic rings. The molecule has 0 atom stereocenters. The van der Waals surface area contributed by atoms with Crippen molar-refractivity contribution in [1.29, 1.82) is 0 Å². The van der Waals surface area contributed by atoms with Gasteiger partial charge in [0.25, 0.3) is 11.8 Å². The highest BCUT2D eigenvalue weighted by atomic mass is 35.5. The van der Waals surface area contributed by atoms with Crippen LogP contribution < -0.4 is 10.1 Å². The second-order valence-electron chi connectivity index (χ2n) is 5.03. The number of nitrogens with zero attached hydrogens (tertiary/aromatic N) is 1. The Morgan fingerprint density at radius 1 is 1.08 bits per heavy atom. The van der Waals surface area contributed by atoms with Crippen molar-refractivity contribution in [2.45, 2.75) is 0 Å². The minimum absolute atomic E-state index is 0.140. The van der Waals surface area contributed by atoms with Crippen LogP contribution in [0.4, 0.5) is 0 Å². The van der Waals surface area contributed by atoms with Crippen LogP contribution in [0.15, 0.2) is 30.5 Å². The molecular formula is C16H13Cl3N2O5. The summed E-state index contributed by atoms with van der Waals surface area (Å²) in [5.74, 6) is -2.05. The van der Waals surface area contributed by atoms with Crippen LogP contribution in [0.5, 0.6) is 5.75 Å². The Kier molecular flexibility index (Phi) is 6.90. The first kappa shape index (κ1) is 20.1. The van der Waals surface area contributed by atoms with Crippen molar-refractivity contribution in [3.63, 3.8) is 0 Å². The van der Waals surface area contributed by atoms with Crippen LogP contribution in [0, 0.1) is 0 Å². The van der Waals surface area contributed by atoms with Crippen LogP contribution >= 0.6 is 34.8 Å². The van der Waals surface area contributed by atoms with Crippen LogP contribution in [0.2, 0.25) is 15.1 Å². The molecule has 2 aromatic rings. The molecule has 1 aromatic heterocycles. The molecule has 0 aliphatic heterocycles. The van der Waals surface area contributed by atoms with Gasteiger partial charge in [0, 0.05) is 19.3 Å². The number of benzene rings is 1. The van der Waals surface area contributed by atoms with E-state index in [1.807, 2.05) is 0 Å². The van der Waals surface area contributed by atoms with Crippen LogP contribution in [0.3, 0.4) is 0 Å². The van der Waals surface area contributed by atoms with Gasteiger partial charge in [-0.05, 0) is 18.2 Å². The average molecular weight is 420 g/mol. The number of halogens is 3. The van der Waals surface area contributed by atoms with Crippen LogP contribution in [0.1, 0.15) is 10.5 Å². The molecule has 1 aromatic carbocycles. The van der Waals surface area contributed by atoms with Gasteiger partial charge in [-0.1, -0.05) is 34.8 Å². The zero-order valence-electron chi connectivity index (χ0n) is 13.4. The lowest BCUT2D eigenvalue weighted by Crippen LogP contribution is -2.35. The third-order valence-corrected chi connectivity index (χ3v) is 4.13. The number of amides is 2. The van der Waals surface area contributed by atoms with Crippen molar-refractivity contribution in [3.05, 3.63) is 51.2 Å². The number of aromatic nitrogens is 1. The molecular weight excluding hydrogens is 407 g/mol. The summed E-state index contributed by atoms with van der Waals surface area (Å²) in [6, 6.07) is 5.92. The molecule has 0 aliphatic carbocycles. The Morgan fingerprint density at radius 2 is 1.77 bits per heavy atom. The lowest BCUT2D eigenvalue weighted by Gasteiger charge is -2.09. The molecule has 0 spiro atoms. The molecule has 7 nitrogen and oxygen atoms in total. The number of esters is 1. The average Bonchev–Trinajstić information content (AvgIpc) is 3.01. The summed E-state index contributed by atoms with van der Waals surface area (Å²) in [7, 11) is 1.66. The predicted octanol–water partition coefficient (Wildman–Crippen LogP) is 2.86. The van der Waals surface area contributed by atoms with Crippen molar-refractivity contribution in [1.82, 2.24) is 9.88 Å². The molecule has 0 saturated heterocycles. The summed E-state index contributed by atoms with van der Waals surface area (Å²) in [4.78, 5) is 35.1. The van der Waals surface area contributed by atoms with Crippen molar-refractivity contribution in [3.8, 4) is 5.75 Å². The summed E-state index contributed by atoms with van der Waals surface area (Å²) in [6.45, 7) is -1.13. The monoisotopic (exact) mass is 418 g/mol. The summed E-state index contributed by atoms with van der Waals surface area (Å²) in [6.07, 6.45) is 1.66. The highest BCUT2D eigenvalue weighted by molar-refractivity contribution is 6.43. The summed E-state index contributed by atoms with van der Waals surface area (Å²) >= 11 is 17.5. The van der Waals surface area contributed by atoms with Crippen LogP contribution in [-0.2, 0) is 21.4 Å². The molecule has 0 unspecified atom stereocenters. The van der Waals surface area contributed by atoms with E-state index in [9.17, 15) is 14.4 Å². The maximum atomic E-state index is 11.8. The van der Waals surface area contributed by atoms with Crippen molar-refractivity contribution < 1.29 is 23.9 Å². The molecule has 2 rings (SSSR count). The molecule has 2 amide bonds. The Bertz CT molecular complexity index is 850. The van der Waals surface area contributed by atoms with Crippen molar-refractivity contribution in [2.24, 2.45) is 7.05 Å². The molecule has 0 bridgehead atoms. The molecule has 26 heavy (non-hydrogen) atoms. The molecule has 1 N–H and O–H groups in total. The van der Waals surface area contributed by atoms with Gasteiger partial charge in [-0.15, -0.1) is 0 Å². The first-order valence-electron chi connectivity index (χ1n) is 7.16. The lowest BCUT2D eigenvalue weighted by atomic mass is 10.3. The van der Waals surface area contributed by atoms with E-state index in [1.165, 1.54) is 12.1 Å². The fourth-order valence-electron chi connectivity index (χ4n) is 1.86. The van der Waals surface area contributed by atoms with Crippen LogP contribution in [-0.4, -0.2) is 35.6 Å². The van der Waals surface area contributed by atoms with Gasteiger partial charge in [-0.3, -0.25) is 14.9 Å². The van der Waals surface area contributed by atoms with E-state index in [-0.39, 0.29) is 20.8 Å². The van der Waals surface area contributed by atoms with Gasteiger partial charge in [0.1, 0.15) is 11.4 Å². The molecule has 0 fully saturated rings. The third kappa shape index (κ3) is 5.39. The highest BCUT2D eigenvalue weighted by Crippen LogP contribution is 2.33. The summed E-state index contributed by atoms with van der Waals surface area (Å²) in [5.41, 5.74) is 0.294. The lowest BCUT2D eigenvalue weighted by molar-refractivity contribution is -0.150. The first-order valence-corrected chi connectivity index (χ1v) is 8.29. The van der Waals surface area contributed by atoms with E-state index in [0.717, 1.165) is 0 Å². The van der Waals surface area contributed by atoms with E-state index in [0.29, 0.717) is 5.69 Å². The number of aryl methyl sites for hydroxylation is 1. The van der Waals surface area contributed by atoms with Gasteiger partial charge in [0.2, 0.25) is 0 Å². The normalized spacial score (nSPS) is 10.3. The van der Waals surface area contributed by atoms with Gasteiger partial charge in [0.05, 0.1) is 15.1 Å². The first-order chi connectivity index (χ1) is 12.3. The number of nitrogens with one attached hydrogen (secondary N) is 1. The fraction of sp³-hybridized carbons (Fsp3) is 0.188. The van der Waals surface area contributed by atoms with Gasteiger partial charge < -0.3 is 14.0 Å². The predicted molar refractivity (Wildman–Crippen MR) is 95.8 cm³/mol. The Balaban J connectivity index is 1.78. The quantitative estimate of drug-likeness (QED) is 0.575. The molecule has 10 heteroatoms. The fourth-order valence-corrected chi connectivity index (χ4v) is 2.45. The van der Waals surface area contributed by atoms with Crippen molar-refractivity contribution in [2.75, 3.05) is 13.2 Å². The van der Waals surface area contributed by atoms with Gasteiger partial charge >= 0.3 is 5.97 Å². The number of carbonyl (C=O) groups excluding carboxylic acids is 3. The molecule has 1 heterocycles. The Labute approximate surface area is 163 Å². The zero-order valence-corrected chi connectivity index (χ0v) is 15.7. The van der Waals surface area contributed by atoms with E-state index in [2.05, 4.69) is 5.32 Å². The Hall–Kier alpha value is -2.22. The molecule has 138 valence electrons. The SMILES string of the molecule is Cn1cccc1C(=O)NC(=O)COC(=O)COc1cc(Cl)c(Cl)cc1Cl. The minimum atomic E-state index is -0.825. The standard InChI is InChI=1S/C16H13Cl3N2O5/c1-21-4-2-3-12(21)16(24)20-14(22)7-26-15(23)8-25-13-6-10(18)9(17)5-11(13)19/h2-6H,7-8H2,1H3,(H,20,22,24). The number of hydrogen-bond donors (Lipinski definition) is 1. The smallest absolute Gasteiger partial charge is 0.344 e. The molecule has 0 saturated carbocycles. The highest BCUT2D eigenvalue weighted by Gasteiger charge is 2.15. The van der Waals surface area contributed by atoms with E-state index < -0.39 is 31.0 Å². The maximum absolute atomic E-state index is 11.8. The maximum Gasteiger partial charge on any atom is 0.344 e.